The molecule has 0 saturated carbocycles. The smallest absolute Gasteiger partial charge is 0.193 e. The van der Waals surface area contributed by atoms with Crippen LogP contribution in [-0.4, -0.2) is 71.1 Å². The van der Waals surface area contributed by atoms with E-state index in [1.165, 1.54) is 11.1 Å². The van der Waals surface area contributed by atoms with E-state index >= 15 is 0 Å². The van der Waals surface area contributed by atoms with Crippen LogP contribution in [0.15, 0.2) is 23.2 Å². The average molecular weight is 491 g/mol. The highest BCUT2D eigenvalue weighted by Crippen LogP contribution is 2.17. The molecule has 1 N–H and O–H groups in total. The highest BCUT2D eigenvalue weighted by atomic mass is 127. The predicted octanol–water partition coefficient (Wildman–Crippen LogP) is 2.86. The van der Waals surface area contributed by atoms with Gasteiger partial charge in [0, 0.05) is 33.2 Å². The van der Waals surface area contributed by atoms with Gasteiger partial charge in [-0.1, -0.05) is 6.07 Å². The van der Waals surface area contributed by atoms with E-state index in [1.807, 2.05) is 7.05 Å². The topological polar surface area (TPSA) is 55.3 Å². The van der Waals surface area contributed by atoms with Gasteiger partial charge in [-0.05, 0) is 43.5 Å². The highest BCUT2D eigenvalue weighted by Gasteiger charge is 2.24. The summed E-state index contributed by atoms with van der Waals surface area (Å²) in [5.41, 5.74) is 2.44. The Bertz CT molecular complexity index is 563. The number of ether oxygens (including phenoxy) is 3. The van der Waals surface area contributed by atoms with E-state index in [1.54, 1.807) is 7.11 Å². The van der Waals surface area contributed by atoms with Crippen LogP contribution < -0.4 is 10.1 Å². The van der Waals surface area contributed by atoms with Gasteiger partial charge in [0.25, 0.3) is 0 Å². The molecule has 0 spiro atoms. The number of guanidine groups is 1. The molecule has 1 atom stereocenters. The lowest BCUT2D eigenvalue weighted by molar-refractivity contribution is 0.0536. The number of benzene rings is 1. The normalized spacial score (nSPS) is 17.0. The standard InChI is InChI=1S/C20H33N3O3.HI/c1-16-11-17(2)13-19(12-16)26-8-6-22-20(21-3)23-7-5-18(14-23)15-25-10-9-24-4;/h11-13,18H,5-10,14-15H2,1-4H3,(H,21,22);1H. The molecule has 1 aliphatic heterocycles. The van der Waals surface area contributed by atoms with Crippen molar-refractivity contribution >= 4 is 29.9 Å². The molecule has 0 aliphatic carbocycles. The van der Waals surface area contributed by atoms with Crippen LogP contribution >= 0.6 is 24.0 Å². The Morgan fingerprint density at radius 3 is 2.59 bits per heavy atom. The summed E-state index contributed by atoms with van der Waals surface area (Å²) in [6, 6.07) is 6.28. The molecular weight excluding hydrogens is 457 g/mol. The van der Waals surface area contributed by atoms with Gasteiger partial charge in [0.2, 0.25) is 0 Å². The third-order valence-corrected chi connectivity index (χ3v) is 4.43. The third-order valence-electron chi connectivity index (χ3n) is 4.43. The number of nitrogens with one attached hydrogen (secondary N) is 1. The fraction of sp³-hybridized carbons (Fsp3) is 0.650. The third kappa shape index (κ3) is 8.66. The number of halogens is 1. The fourth-order valence-electron chi connectivity index (χ4n) is 3.23. The fourth-order valence-corrected chi connectivity index (χ4v) is 3.23. The zero-order valence-corrected chi connectivity index (χ0v) is 19.3. The first-order valence-electron chi connectivity index (χ1n) is 9.35. The van der Waals surface area contributed by atoms with E-state index in [0.717, 1.165) is 44.4 Å². The summed E-state index contributed by atoms with van der Waals surface area (Å²) in [5.74, 6) is 2.42. The lowest BCUT2D eigenvalue weighted by Crippen LogP contribution is -2.41. The molecule has 1 aliphatic rings. The summed E-state index contributed by atoms with van der Waals surface area (Å²) in [6.45, 7) is 9.60. The number of methoxy groups -OCH3 is 1. The van der Waals surface area contributed by atoms with E-state index in [2.05, 4.69) is 47.3 Å². The summed E-state index contributed by atoms with van der Waals surface area (Å²) in [7, 11) is 3.52. The van der Waals surface area contributed by atoms with E-state index < -0.39 is 0 Å². The number of hydrogen-bond acceptors (Lipinski definition) is 4. The Hall–Kier alpha value is -1.06. The van der Waals surface area contributed by atoms with E-state index in [4.69, 9.17) is 14.2 Å². The van der Waals surface area contributed by atoms with E-state index in [0.29, 0.717) is 25.7 Å². The van der Waals surface area contributed by atoms with Crippen molar-refractivity contribution in [3.8, 4) is 5.75 Å². The van der Waals surface area contributed by atoms with Crippen molar-refractivity contribution in [2.24, 2.45) is 10.9 Å². The first-order valence-corrected chi connectivity index (χ1v) is 9.35. The Labute approximate surface area is 180 Å². The predicted molar refractivity (Wildman–Crippen MR) is 121 cm³/mol. The molecule has 27 heavy (non-hydrogen) atoms. The first kappa shape index (κ1) is 24.0. The molecule has 1 saturated heterocycles. The molecule has 6 nitrogen and oxygen atoms in total. The van der Waals surface area contributed by atoms with Gasteiger partial charge in [-0.2, -0.15) is 0 Å². The molecule has 0 bridgehead atoms. The number of hydrogen-bond donors (Lipinski definition) is 1. The van der Waals surface area contributed by atoms with Gasteiger partial charge in [-0.15, -0.1) is 24.0 Å². The average Bonchev–Trinajstić information content (AvgIpc) is 3.07. The SMILES string of the molecule is CN=C(NCCOc1cc(C)cc(C)c1)N1CCC(COCCOC)C1.I. The van der Waals surface area contributed by atoms with Crippen molar-refractivity contribution in [1.82, 2.24) is 10.2 Å². The number of nitrogens with zero attached hydrogens (tertiary/aromatic N) is 2. The molecule has 1 aromatic rings. The van der Waals surface area contributed by atoms with Crippen LogP contribution in [0.3, 0.4) is 0 Å². The lowest BCUT2D eigenvalue weighted by Gasteiger charge is -2.22. The Morgan fingerprint density at radius 2 is 1.93 bits per heavy atom. The van der Waals surface area contributed by atoms with Crippen LogP contribution in [0.25, 0.3) is 0 Å². The maximum absolute atomic E-state index is 5.85. The zero-order valence-electron chi connectivity index (χ0n) is 17.0. The van der Waals surface area contributed by atoms with Crippen LogP contribution in [-0.2, 0) is 9.47 Å². The summed E-state index contributed by atoms with van der Waals surface area (Å²) < 4.78 is 16.5. The first-order chi connectivity index (χ1) is 12.6. The summed E-state index contributed by atoms with van der Waals surface area (Å²) >= 11 is 0. The van der Waals surface area contributed by atoms with Crippen molar-refractivity contribution in [3.63, 3.8) is 0 Å². The molecular formula is C20H34IN3O3. The van der Waals surface area contributed by atoms with Crippen molar-refractivity contribution in [2.45, 2.75) is 20.3 Å². The van der Waals surface area contributed by atoms with Gasteiger partial charge in [-0.25, -0.2) is 0 Å². The number of likely N-dealkylation sites (tertiary alicyclic amines) is 1. The summed E-state index contributed by atoms with van der Waals surface area (Å²) in [5, 5.41) is 3.40. The van der Waals surface area contributed by atoms with Crippen molar-refractivity contribution in [1.29, 1.82) is 0 Å². The second-order valence-electron chi connectivity index (χ2n) is 6.81. The molecule has 0 aromatic heterocycles. The van der Waals surface area contributed by atoms with E-state index in [9.17, 15) is 0 Å². The maximum Gasteiger partial charge on any atom is 0.193 e. The minimum absolute atomic E-state index is 0. The van der Waals surface area contributed by atoms with E-state index in [-0.39, 0.29) is 24.0 Å². The van der Waals surface area contributed by atoms with Crippen LogP contribution in [0.4, 0.5) is 0 Å². The van der Waals surface area contributed by atoms with Crippen molar-refractivity contribution < 1.29 is 14.2 Å². The molecule has 0 radical (unpaired) electrons. The zero-order chi connectivity index (χ0) is 18.8. The van der Waals surface area contributed by atoms with Crippen LogP contribution in [0.1, 0.15) is 17.5 Å². The van der Waals surface area contributed by atoms with Gasteiger partial charge in [0.1, 0.15) is 12.4 Å². The largest absolute Gasteiger partial charge is 0.492 e. The molecule has 1 fully saturated rings. The number of rotatable bonds is 9. The Kier molecular flexibility index (Phi) is 11.7. The molecule has 0 amide bonds. The van der Waals surface area contributed by atoms with Gasteiger partial charge in [0.05, 0.1) is 26.4 Å². The van der Waals surface area contributed by atoms with Gasteiger partial charge < -0.3 is 24.4 Å². The molecule has 2 rings (SSSR count). The van der Waals surface area contributed by atoms with Crippen LogP contribution in [0.5, 0.6) is 5.75 Å². The van der Waals surface area contributed by atoms with Crippen LogP contribution in [0.2, 0.25) is 0 Å². The number of aryl methyl sites for hydroxylation is 2. The van der Waals surface area contributed by atoms with Crippen molar-refractivity contribution in [3.05, 3.63) is 29.3 Å². The minimum atomic E-state index is 0. The second-order valence-corrected chi connectivity index (χ2v) is 6.81. The Balaban J connectivity index is 0.00000364. The monoisotopic (exact) mass is 491 g/mol. The lowest BCUT2D eigenvalue weighted by atomic mass is 10.1. The summed E-state index contributed by atoms with van der Waals surface area (Å²) in [4.78, 5) is 6.69. The van der Waals surface area contributed by atoms with Gasteiger partial charge >= 0.3 is 0 Å². The quantitative estimate of drug-likeness (QED) is 0.249. The molecule has 1 aromatic carbocycles. The Morgan fingerprint density at radius 1 is 1.19 bits per heavy atom. The molecule has 1 unspecified atom stereocenters. The van der Waals surface area contributed by atoms with Gasteiger partial charge in [0.15, 0.2) is 5.96 Å². The van der Waals surface area contributed by atoms with Crippen LogP contribution in [0, 0.1) is 19.8 Å². The van der Waals surface area contributed by atoms with Gasteiger partial charge in [-0.3, -0.25) is 4.99 Å². The highest BCUT2D eigenvalue weighted by molar-refractivity contribution is 14.0. The maximum atomic E-state index is 5.85. The molecule has 1 heterocycles. The molecule has 154 valence electrons. The summed E-state index contributed by atoms with van der Waals surface area (Å²) in [6.07, 6.45) is 1.13. The number of aliphatic imine (C=N–C) groups is 1. The molecule has 7 heteroatoms. The minimum Gasteiger partial charge on any atom is -0.492 e. The second kappa shape index (κ2) is 13.2. The van der Waals surface area contributed by atoms with Crippen molar-refractivity contribution in [2.75, 3.05) is 60.2 Å².